The van der Waals surface area contributed by atoms with E-state index in [4.69, 9.17) is 5.11 Å². The molecule has 1 saturated heterocycles. The summed E-state index contributed by atoms with van der Waals surface area (Å²) in [5.41, 5.74) is 0. The maximum Gasteiger partial charge on any atom is 0.0599 e. The maximum absolute atomic E-state index is 8.78. The van der Waals surface area contributed by atoms with Crippen LogP contribution in [-0.4, -0.2) is 49.3 Å². The number of hydrogen-bond donors (Lipinski definition) is 2. The van der Waals surface area contributed by atoms with E-state index in [1.165, 1.54) is 0 Å². The van der Waals surface area contributed by atoms with Gasteiger partial charge >= 0.3 is 0 Å². The van der Waals surface area contributed by atoms with Crippen molar-refractivity contribution < 1.29 is 5.11 Å². The van der Waals surface area contributed by atoms with Crippen LogP contribution < -0.4 is 5.32 Å². The number of nitrogens with zero attached hydrogens (tertiary/aromatic N) is 1. The zero-order valence-electron chi connectivity index (χ0n) is 11.8. The number of piperazine rings is 1. The van der Waals surface area contributed by atoms with Gasteiger partial charge in [0.2, 0.25) is 0 Å². The predicted molar refractivity (Wildman–Crippen MR) is 70.4 cm³/mol. The van der Waals surface area contributed by atoms with E-state index >= 15 is 0 Å². The third-order valence-electron chi connectivity index (χ3n) is 1.86. The highest BCUT2D eigenvalue weighted by Crippen LogP contribution is 1.96. The quantitative estimate of drug-likeness (QED) is 0.709. The summed E-state index contributed by atoms with van der Waals surface area (Å²) in [5.74, 6) is 0. The van der Waals surface area contributed by atoms with E-state index in [2.05, 4.69) is 10.2 Å². The molecule has 2 N–H and O–H groups in total. The minimum atomic E-state index is 0.267. The predicted octanol–water partition coefficient (Wildman–Crippen LogP) is 1.96. The summed E-state index contributed by atoms with van der Waals surface area (Å²) >= 11 is 0. The van der Waals surface area contributed by atoms with Crippen LogP contribution in [0.4, 0.5) is 0 Å². The molecule has 0 bridgehead atoms. The fourth-order valence-electron chi connectivity index (χ4n) is 1.07. The highest BCUT2D eigenvalue weighted by molar-refractivity contribution is 4.75. The first-order valence-electron chi connectivity index (χ1n) is 6.36. The SMILES string of the molecule is CC.CC.CC.CN1CCNCC1CO. The van der Waals surface area contributed by atoms with Crippen LogP contribution in [-0.2, 0) is 0 Å². The van der Waals surface area contributed by atoms with Crippen LogP contribution in [0.3, 0.4) is 0 Å². The van der Waals surface area contributed by atoms with E-state index in [0.717, 1.165) is 19.6 Å². The van der Waals surface area contributed by atoms with Gasteiger partial charge < -0.3 is 10.4 Å². The van der Waals surface area contributed by atoms with Crippen LogP contribution in [0, 0.1) is 0 Å². The average molecular weight is 220 g/mol. The molecule has 0 amide bonds. The van der Waals surface area contributed by atoms with Gasteiger partial charge in [0.15, 0.2) is 0 Å². The zero-order valence-corrected chi connectivity index (χ0v) is 11.8. The Labute approximate surface area is 96.9 Å². The van der Waals surface area contributed by atoms with Crippen molar-refractivity contribution in [2.45, 2.75) is 47.6 Å². The molecule has 1 unspecified atom stereocenters. The Balaban J connectivity index is -0.000000208. The summed E-state index contributed by atoms with van der Waals surface area (Å²) in [7, 11) is 2.04. The van der Waals surface area contributed by atoms with Gasteiger partial charge in [-0.2, -0.15) is 0 Å². The number of aliphatic hydroxyl groups is 1. The largest absolute Gasteiger partial charge is 0.395 e. The van der Waals surface area contributed by atoms with Gasteiger partial charge in [0.05, 0.1) is 6.61 Å². The fourth-order valence-corrected chi connectivity index (χ4v) is 1.07. The highest BCUT2D eigenvalue weighted by atomic mass is 16.3. The number of rotatable bonds is 1. The summed E-state index contributed by atoms with van der Waals surface area (Å²) in [6.45, 7) is 15.3. The van der Waals surface area contributed by atoms with E-state index in [1.807, 2.05) is 48.6 Å². The molecule has 0 aliphatic carbocycles. The van der Waals surface area contributed by atoms with Crippen LogP contribution in [0.5, 0.6) is 0 Å². The lowest BCUT2D eigenvalue weighted by Gasteiger charge is -2.31. The van der Waals surface area contributed by atoms with Crippen molar-refractivity contribution in [1.29, 1.82) is 0 Å². The van der Waals surface area contributed by atoms with Crippen molar-refractivity contribution in [3.05, 3.63) is 0 Å². The van der Waals surface area contributed by atoms with Gasteiger partial charge in [-0.05, 0) is 7.05 Å². The Kier molecular flexibility index (Phi) is 26.3. The third-order valence-corrected chi connectivity index (χ3v) is 1.86. The molecule has 15 heavy (non-hydrogen) atoms. The Morgan fingerprint density at radius 2 is 1.60 bits per heavy atom. The van der Waals surface area contributed by atoms with Gasteiger partial charge in [-0.15, -0.1) is 0 Å². The molecular weight excluding hydrogens is 188 g/mol. The summed E-state index contributed by atoms with van der Waals surface area (Å²) < 4.78 is 0. The van der Waals surface area contributed by atoms with Crippen LogP contribution in [0.25, 0.3) is 0 Å². The second-order valence-corrected chi connectivity index (χ2v) is 2.52. The van der Waals surface area contributed by atoms with Gasteiger partial charge in [-0.3, -0.25) is 4.90 Å². The van der Waals surface area contributed by atoms with E-state index in [-0.39, 0.29) is 6.61 Å². The van der Waals surface area contributed by atoms with Crippen molar-refractivity contribution in [3.8, 4) is 0 Å². The van der Waals surface area contributed by atoms with Gasteiger partial charge in [0.1, 0.15) is 0 Å². The molecule has 0 saturated carbocycles. The lowest BCUT2D eigenvalue weighted by atomic mass is 10.2. The first-order valence-corrected chi connectivity index (χ1v) is 6.36. The molecule has 0 aromatic carbocycles. The molecule has 0 aromatic heterocycles. The summed E-state index contributed by atoms with van der Waals surface area (Å²) in [6, 6.07) is 0.332. The molecular formula is C12H32N2O. The normalized spacial score (nSPS) is 19.6. The van der Waals surface area contributed by atoms with E-state index in [9.17, 15) is 0 Å². The first kappa shape index (κ1) is 20.3. The topological polar surface area (TPSA) is 35.5 Å². The van der Waals surface area contributed by atoms with Gasteiger partial charge in [-0.1, -0.05) is 41.5 Å². The van der Waals surface area contributed by atoms with Crippen molar-refractivity contribution in [2.75, 3.05) is 33.3 Å². The van der Waals surface area contributed by atoms with Crippen LogP contribution in [0.1, 0.15) is 41.5 Å². The molecule has 3 nitrogen and oxygen atoms in total. The molecule has 1 aliphatic heterocycles. The standard InChI is InChI=1S/C6H14N2O.3C2H6/c1-8-3-2-7-4-6(8)5-9;3*1-2/h6-7,9H,2-5H2,1H3;3*1-2H3. The monoisotopic (exact) mass is 220 g/mol. The molecule has 96 valence electrons. The third kappa shape index (κ3) is 11.8. The van der Waals surface area contributed by atoms with E-state index < -0.39 is 0 Å². The van der Waals surface area contributed by atoms with Crippen LogP contribution in [0.2, 0.25) is 0 Å². The Morgan fingerprint density at radius 3 is 1.87 bits per heavy atom. The highest BCUT2D eigenvalue weighted by Gasteiger charge is 2.16. The lowest BCUT2D eigenvalue weighted by molar-refractivity contribution is 0.124. The van der Waals surface area contributed by atoms with Crippen molar-refractivity contribution in [3.63, 3.8) is 0 Å². The van der Waals surface area contributed by atoms with E-state index in [0.29, 0.717) is 6.04 Å². The molecule has 1 heterocycles. The van der Waals surface area contributed by atoms with Crippen LogP contribution >= 0.6 is 0 Å². The van der Waals surface area contributed by atoms with Crippen molar-refractivity contribution in [2.24, 2.45) is 0 Å². The molecule has 0 radical (unpaired) electrons. The van der Waals surface area contributed by atoms with Gasteiger partial charge in [-0.25, -0.2) is 0 Å². The smallest absolute Gasteiger partial charge is 0.0599 e. The number of nitrogens with one attached hydrogen (secondary N) is 1. The Hall–Kier alpha value is -0.120. The lowest BCUT2D eigenvalue weighted by Crippen LogP contribution is -2.50. The Bertz CT molecular complexity index is 89.7. The maximum atomic E-state index is 8.78. The van der Waals surface area contributed by atoms with Crippen LogP contribution in [0.15, 0.2) is 0 Å². The zero-order chi connectivity index (χ0) is 12.7. The van der Waals surface area contributed by atoms with Gasteiger partial charge in [0.25, 0.3) is 0 Å². The molecule has 1 fully saturated rings. The van der Waals surface area contributed by atoms with Crippen molar-refractivity contribution in [1.82, 2.24) is 10.2 Å². The molecule has 0 spiro atoms. The van der Waals surface area contributed by atoms with E-state index in [1.54, 1.807) is 0 Å². The minimum Gasteiger partial charge on any atom is -0.395 e. The molecule has 1 rings (SSSR count). The summed E-state index contributed by atoms with van der Waals surface area (Å²) in [4.78, 5) is 2.18. The number of hydrogen-bond acceptors (Lipinski definition) is 3. The molecule has 1 atom stereocenters. The number of likely N-dealkylation sites (N-methyl/N-ethyl adjacent to an activating group) is 1. The molecule has 3 heteroatoms. The van der Waals surface area contributed by atoms with Crippen molar-refractivity contribution >= 4 is 0 Å². The summed E-state index contributed by atoms with van der Waals surface area (Å²) in [5, 5.41) is 12.0. The van der Waals surface area contributed by atoms with Gasteiger partial charge in [0, 0.05) is 25.7 Å². The molecule has 1 aliphatic rings. The second kappa shape index (κ2) is 19.5. The summed E-state index contributed by atoms with van der Waals surface area (Å²) in [6.07, 6.45) is 0. The first-order chi connectivity index (χ1) is 7.34. The fraction of sp³-hybridized carbons (Fsp3) is 1.00. The number of aliphatic hydroxyl groups excluding tert-OH is 1. The second-order valence-electron chi connectivity index (χ2n) is 2.52. The Morgan fingerprint density at radius 1 is 1.13 bits per heavy atom. The molecule has 0 aromatic rings. The minimum absolute atomic E-state index is 0.267. The average Bonchev–Trinajstić information content (AvgIpc) is 2.37.